The Morgan fingerprint density at radius 1 is 1.75 bits per heavy atom. The van der Waals surface area contributed by atoms with Crippen molar-refractivity contribution in [3.05, 3.63) is 0 Å². The van der Waals surface area contributed by atoms with Crippen LogP contribution in [0.25, 0.3) is 0 Å². The van der Waals surface area contributed by atoms with Gasteiger partial charge in [-0.15, -0.1) is 0 Å². The van der Waals surface area contributed by atoms with Gasteiger partial charge in [-0.1, -0.05) is 0 Å². The molecule has 0 aromatic carbocycles. The van der Waals surface area contributed by atoms with Gasteiger partial charge in [0.1, 0.15) is 0 Å². The average molecular weight is 265 g/mol. The summed E-state index contributed by atoms with van der Waals surface area (Å²) in [5, 5.41) is 0. The van der Waals surface area contributed by atoms with Gasteiger partial charge >= 0.3 is 59.3 Å². The van der Waals surface area contributed by atoms with Crippen molar-refractivity contribution in [1.82, 2.24) is 0 Å². The van der Waals surface area contributed by atoms with Crippen LogP contribution in [0.4, 0.5) is 0 Å². The molecule has 6 heteroatoms. The van der Waals surface area contributed by atoms with E-state index in [4.69, 9.17) is 4.55 Å². The molecule has 0 aromatic heterocycles. The van der Waals surface area contributed by atoms with Crippen molar-refractivity contribution in [2.45, 2.75) is 6.92 Å². The van der Waals surface area contributed by atoms with E-state index in [1.54, 1.807) is 0 Å². The largest absolute Gasteiger partial charge is 2.00 e. The van der Waals surface area contributed by atoms with Gasteiger partial charge in [-0.3, -0.25) is 4.55 Å². The van der Waals surface area contributed by atoms with Crippen LogP contribution in [0, 0.1) is 0 Å². The maximum atomic E-state index is 9.56. The van der Waals surface area contributed by atoms with Crippen LogP contribution in [-0.2, 0) is 14.6 Å². The predicted molar refractivity (Wildman–Crippen MR) is 31.2 cm³/mol. The first kappa shape index (κ1) is 12.1. The van der Waals surface area contributed by atoms with Crippen molar-refractivity contribution < 1.29 is 20.0 Å². The van der Waals surface area contributed by atoms with Crippen LogP contribution in [0.3, 0.4) is 0 Å². The molecule has 0 rings (SSSR count). The van der Waals surface area contributed by atoms with Gasteiger partial charge in [0, 0.05) is 0 Å². The van der Waals surface area contributed by atoms with Crippen LogP contribution in [0.2, 0.25) is 0 Å². The van der Waals surface area contributed by atoms with Crippen molar-refractivity contribution in [1.29, 1.82) is 0 Å². The second-order valence-corrected chi connectivity index (χ2v) is 1.93. The van der Waals surface area contributed by atoms with Crippen LogP contribution in [0.1, 0.15) is 9.78 Å². The van der Waals surface area contributed by atoms with Crippen molar-refractivity contribution in [3.63, 3.8) is 0 Å². The maximum absolute atomic E-state index is 9.56. The summed E-state index contributed by atoms with van der Waals surface area (Å²) < 4.78 is 30.7. The molecule has 8 heavy (non-hydrogen) atoms. The SMILES string of the molecule is CCOS(=O)(=O)O.[Ba+2].[H-].[H-]. The van der Waals surface area contributed by atoms with E-state index < -0.39 is 10.4 Å². The molecule has 4 nitrogen and oxygen atoms in total. The first-order valence-electron chi connectivity index (χ1n) is 1.68. The molecule has 48 valence electrons. The van der Waals surface area contributed by atoms with Crippen LogP contribution in [-0.4, -0.2) is 68.5 Å². The van der Waals surface area contributed by atoms with Crippen molar-refractivity contribution >= 4 is 59.3 Å². The summed E-state index contributed by atoms with van der Waals surface area (Å²) in [5.41, 5.74) is 0. The Kier molecular flexibility index (Phi) is 7.96. The summed E-state index contributed by atoms with van der Waals surface area (Å²) in [7, 11) is -4.17. The fourth-order valence-corrected chi connectivity index (χ4v) is 0.447. The van der Waals surface area contributed by atoms with Gasteiger partial charge in [-0.2, -0.15) is 8.42 Å². The van der Waals surface area contributed by atoms with E-state index in [9.17, 15) is 8.42 Å². The summed E-state index contributed by atoms with van der Waals surface area (Å²) in [5.74, 6) is 0. The van der Waals surface area contributed by atoms with Gasteiger partial charge in [0.25, 0.3) is 0 Å². The molecule has 0 aliphatic rings. The third kappa shape index (κ3) is 10.4. The third-order valence-corrected chi connectivity index (χ3v) is 0.800. The van der Waals surface area contributed by atoms with Gasteiger partial charge in [0.15, 0.2) is 0 Å². The Balaban J connectivity index is -0.0000000600. The molecule has 0 bridgehead atoms. The third-order valence-electron chi connectivity index (χ3n) is 0.267. The molecule has 0 aliphatic carbocycles. The zero-order valence-electron chi connectivity index (χ0n) is 6.49. The molecular weight excluding hydrogens is 257 g/mol. The van der Waals surface area contributed by atoms with Gasteiger partial charge in [-0.25, -0.2) is 4.18 Å². The zero-order chi connectivity index (χ0) is 5.91. The van der Waals surface area contributed by atoms with E-state index in [-0.39, 0.29) is 58.3 Å². The maximum Gasteiger partial charge on any atom is 2.00 e. The van der Waals surface area contributed by atoms with Crippen LogP contribution < -0.4 is 0 Å². The minimum absolute atomic E-state index is 0. The van der Waals surface area contributed by atoms with Gasteiger partial charge in [-0.05, 0) is 6.92 Å². The molecule has 0 spiro atoms. The fraction of sp³-hybridized carbons (Fsp3) is 1.00. The molecule has 0 aliphatic heterocycles. The monoisotopic (exact) mass is 266 g/mol. The van der Waals surface area contributed by atoms with E-state index >= 15 is 0 Å². The second kappa shape index (κ2) is 5.24. The molecule has 0 amide bonds. The number of hydrogen-bond donors (Lipinski definition) is 1. The first-order chi connectivity index (χ1) is 3.06. The quantitative estimate of drug-likeness (QED) is 0.548. The van der Waals surface area contributed by atoms with Crippen LogP contribution >= 0.6 is 0 Å². The predicted octanol–water partition coefficient (Wildman–Crippen LogP) is -0.330. The molecule has 1 N–H and O–H groups in total. The second-order valence-electron chi connectivity index (χ2n) is 0.834. The smallest absolute Gasteiger partial charge is 1.00 e. The molecule has 0 saturated carbocycles. The van der Waals surface area contributed by atoms with Crippen LogP contribution in [0.5, 0.6) is 0 Å². The summed E-state index contributed by atoms with van der Waals surface area (Å²) >= 11 is 0. The standard InChI is InChI=1S/C2H6O4S.Ba.2H/c1-2-6-7(3,4)5;;;/h2H2,1H3,(H,3,4,5);;;/q;+2;2*-1. The normalized spacial score (nSPS) is 10.2. The Labute approximate surface area is 91.6 Å². The topological polar surface area (TPSA) is 63.6 Å². The van der Waals surface area contributed by atoms with Crippen molar-refractivity contribution in [2.75, 3.05) is 6.61 Å². The minimum atomic E-state index is -4.17. The fourth-order valence-electron chi connectivity index (χ4n) is 0.149. The van der Waals surface area contributed by atoms with E-state index in [1.165, 1.54) is 6.92 Å². The van der Waals surface area contributed by atoms with E-state index in [0.29, 0.717) is 0 Å². The average Bonchev–Trinajstić information content (AvgIpc) is 1.30. The van der Waals surface area contributed by atoms with Crippen molar-refractivity contribution in [2.24, 2.45) is 0 Å². The van der Waals surface area contributed by atoms with E-state index in [0.717, 1.165) is 0 Å². The van der Waals surface area contributed by atoms with Gasteiger partial charge < -0.3 is 2.85 Å². The molecule has 0 atom stereocenters. The Morgan fingerprint density at radius 2 is 2.12 bits per heavy atom. The summed E-state index contributed by atoms with van der Waals surface area (Å²) in [6.45, 7) is 1.44. The molecular formula is C2H8BaO4S. The zero-order valence-corrected chi connectivity index (χ0v) is 9.75. The summed E-state index contributed by atoms with van der Waals surface area (Å²) in [6, 6.07) is 0. The summed E-state index contributed by atoms with van der Waals surface area (Å²) in [4.78, 5) is 0. The first-order valence-corrected chi connectivity index (χ1v) is 3.04. The number of rotatable bonds is 2. The van der Waals surface area contributed by atoms with E-state index in [1.807, 2.05) is 0 Å². The molecule has 0 aromatic rings. The number of hydrogen-bond acceptors (Lipinski definition) is 3. The Bertz CT molecular complexity index is 134. The minimum Gasteiger partial charge on any atom is -1.00 e. The molecule has 0 saturated heterocycles. The van der Waals surface area contributed by atoms with E-state index in [2.05, 4.69) is 4.18 Å². The van der Waals surface area contributed by atoms with Gasteiger partial charge in [0.2, 0.25) is 0 Å². The molecule has 0 fully saturated rings. The Hall–Kier alpha value is 1.44. The molecule has 0 radical (unpaired) electrons. The van der Waals surface area contributed by atoms with Gasteiger partial charge in [0.05, 0.1) is 6.61 Å². The molecule has 0 unspecified atom stereocenters. The Morgan fingerprint density at radius 3 is 2.12 bits per heavy atom. The van der Waals surface area contributed by atoms with Crippen LogP contribution in [0.15, 0.2) is 0 Å². The van der Waals surface area contributed by atoms with Crippen molar-refractivity contribution in [3.8, 4) is 0 Å². The molecule has 0 heterocycles. The summed E-state index contributed by atoms with van der Waals surface area (Å²) in [6.07, 6.45) is 0.